The Morgan fingerprint density at radius 1 is 1.21 bits per heavy atom. The lowest BCUT2D eigenvalue weighted by atomic mass is 10.2. The average Bonchev–Trinajstić information content (AvgIpc) is 2.65. The van der Waals surface area contributed by atoms with Gasteiger partial charge in [-0.25, -0.2) is 13.2 Å². The molecule has 0 spiro atoms. The Morgan fingerprint density at radius 2 is 1.93 bits per heavy atom. The van der Waals surface area contributed by atoms with E-state index in [1.807, 2.05) is 0 Å². The van der Waals surface area contributed by atoms with Crippen LogP contribution in [0.5, 0.6) is 5.75 Å². The van der Waals surface area contributed by atoms with Gasteiger partial charge in [-0.15, -0.1) is 0 Å². The van der Waals surface area contributed by atoms with Gasteiger partial charge in [0.1, 0.15) is 5.75 Å². The minimum Gasteiger partial charge on any atom is -0.482 e. The normalized spacial score (nSPS) is 11.0. The summed E-state index contributed by atoms with van der Waals surface area (Å²) in [5, 5.41) is 31.4. The summed E-state index contributed by atoms with van der Waals surface area (Å²) in [7, 11) is -4.12. The quantitative estimate of drug-likeness (QED) is 0.326. The predicted molar refractivity (Wildman–Crippen MR) is 104 cm³/mol. The average molecular weight is 425 g/mol. The number of aliphatic carboxylic acids is 1. The number of carbonyl (C=O) groups is 1. The van der Waals surface area contributed by atoms with Crippen LogP contribution >= 0.6 is 0 Å². The maximum Gasteiger partial charge on any atom is 0.341 e. The van der Waals surface area contributed by atoms with E-state index in [0.717, 1.165) is 6.07 Å². The summed E-state index contributed by atoms with van der Waals surface area (Å²) < 4.78 is 32.8. The van der Waals surface area contributed by atoms with Crippen molar-refractivity contribution in [1.82, 2.24) is 0 Å². The lowest BCUT2D eigenvalue weighted by molar-refractivity contribution is -0.384. The van der Waals surface area contributed by atoms with Gasteiger partial charge in [-0.2, -0.15) is 0 Å². The molecule has 0 aliphatic rings. The van der Waals surface area contributed by atoms with Crippen molar-refractivity contribution < 1.29 is 33.1 Å². The number of nitro groups is 1. The van der Waals surface area contributed by atoms with Crippen LogP contribution in [0.15, 0.2) is 41.3 Å². The SMILES string of the molecule is Cc1cc(S(=O)(=O)Nc2cc([N+](=O)[O-])ccc2NCCO)ccc1OCC(=O)O. The Balaban J connectivity index is 2.34. The Labute approximate surface area is 166 Å². The molecule has 0 heterocycles. The van der Waals surface area contributed by atoms with Crippen molar-refractivity contribution in [3.63, 3.8) is 0 Å². The number of carboxylic acid groups (broad SMARTS) is 1. The first-order chi connectivity index (χ1) is 13.6. The standard InChI is InChI=1S/C17H19N3O8S/c1-11-8-13(3-5-16(11)28-10-17(22)23)29(26,27)19-15-9-12(20(24)25)2-4-14(15)18-6-7-21/h2-5,8-9,18-19,21H,6-7,10H2,1H3,(H,22,23). The van der Waals surface area contributed by atoms with Gasteiger partial charge in [-0.1, -0.05) is 0 Å². The van der Waals surface area contributed by atoms with Gasteiger partial charge in [0.05, 0.1) is 27.8 Å². The Hall–Kier alpha value is -3.38. The molecule has 11 nitrogen and oxygen atoms in total. The second-order valence-electron chi connectivity index (χ2n) is 5.85. The van der Waals surface area contributed by atoms with Crippen molar-refractivity contribution in [3.05, 3.63) is 52.1 Å². The molecule has 2 aromatic rings. The van der Waals surface area contributed by atoms with Gasteiger partial charge in [-0.3, -0.25) is 14.8 Å². The van der Waals surface area contributed by atoms with Crippen LogP contribution < -0.4 is 14.8 Å². The number of aryl methyl sites for hydroxylation is 1. The number of nitrogens with zero attached hydrogens (tertiary/aromatic N) is 1. The summed E-state index contributed by atoms with van der Waals surface area (Å²) >= 11 is 0. The van der Waals surface area contributed by atoms with E-state index in [-0.39, 0.29) is 40.9 Å². The van der Waals surface area contributed by atoms with Crippen molar-refractivity contribution in [1.29, 1.82) is 0 Å². The van der Waals surface area contributed by atoms with Crippen LogP contribution in [0.2, 0.25) is 0 Å². The Kier molecular flexibility index (Phi) is 6.96. The second-order valence-corrected chi connectivity index (χ2v) is 7.53. The van der Waals surface area contributed by atoms with Crippen molar-refractivity contribution in [2.24, 2.45) is 0 Å². The van der Waals surface area contributed by atoms with Gasteiger partial charge in [-0.05, 0) is 36.8 Å². The van der Waals surface area contributed by atoms with Crippen LogP contribution in [-0.4, -0.2) is 49.3 Å². The molecule has 0 amide bonds. The van der Waals surface area contributed by atoms with Gasteiger partial charge in [0, 0.05) is 18.7 Å². The molecule has 0 aliphatic heterocycles. The Bertz CT molecular complexity index is 1020. The van der Waals surface area contributed by atoms with E-state index in [1.54, 1.807) is 6.92 Å². The fourth-order valence-corrected chi connectivity index (χ4v) is 3.52. The number of sulfonamides is 1. The van der Waals surface area contributed by atoms with E-state index in [4.69, 9.17) is 14.9 Å². The number of aliphatic hydroxyl groups excluding tert-OH is 1. The van der Waals surface area contributed by atoms with E-state index in [0.29, 0.717) is 5.56 Å². The van der Waals surface area contributed by atoms with E-state index >= 15 is 0 Å². The van der Waals surface area contributed by atoms with E-state index < -0.39 is 27.5 Å². The molecule has 0 atom stereocenters. The van der Waals surface area contributed by atoms with Crippen molar-refractivity contribution in [3.8, 4) is 5.75 Å². The predicted octanol–water partition coefficient (Wildman–Crippen LogP) is 1.57. The van der Waals surface area contributed by atoms with Crippen LogP contribution in [0, 0.1) is 17.0 Å². The zero-order valence-corrected chi connectivity index (χ0v) is 16.1. The number of nitro benzene ring substituents is 1. The van der Waals surface area contributed by atoms with Crippen molar-refractivity contribution >= 4 is 33.1 Å². The van der Waals surface area contributed by atoms with E-state index in [2.05, 4.69) is 10.0 Å². The van der Waals surface area contributed by atoms with E-state index in [1.165, 1.54) is 30.3 Å². The number of ether oxygens (including phenoxy) is 1. The van der Waals surface area contributed by atoms with Gasteiger partial charge in [0.2, 0.25) is 0 Å². The maximum atomic E-state index is 12.7. The second kappa shape index (κ2) is 9.21. The third-order valence-corrected chi connectivity index (χ3v) is 5.06. The molecular weight excluding hydrogens is 406 g/mol. The molecule has 0 saturated heterocycles. The van der Waals surface area contributed by atoms with E-state index in [9.17, 15) is 23.3 Å². The third kappa shape index (κ3) is 5.80. The molecular formula is C17H19N3O8S. The zero-order chi connectivity index (χ0) is 21.6. The molecule has 0 fully saturated rings. The number of benzene rings is 2. The van der Waals surface area contributed by atoms with Gasteiger partial charge < -0.3 is 20.3 Å². The van der Waals surface area contributed by atoms with Crippen LogP contribution in [0.3, 0.4) is 0 Å². The number of hydrogen-bond acceptors (Lipinski definition) is 8. The molecule has 0 radical (unpaired) electrons. The largest absolute Gasteiger partial charge is 0.482 e. The number of carboxylic acids is 1. The molecule has 156 valence electrons. The molecule has 29 heavy (non-hydrogen) atoms. The highest BCUT2D eigenvalue weighted by atomic mass is 32.2. The van der Waals surface area contributed by atoms with Crippen molar-refractivity contribution in [2.75, 3.05) is 29.8 Å². The number of aliphatic hydroxyl groups is 1. The topological polar surface area (TPSA) is 168 Å². The van der Waals surface area contributed by atoms with Gasteiger partial charge in [0.25, 0.3) is 15.7 Å². The van der Waals surface area contributed by atoms with Crippen LogP contribution in [0.1, 0.15) is 5.56 Å². The molecule has 0 saturated carbocycles. The highest BCUT2D eigenvalue weighted by Gasteiger charge is 2.20. The Morgan fingerprint density at radius 3 is 2.52 bits per heavy atom. The molecule has 0 unspecified atom stereocenters. The van der Waals surface area contributed by atoms with Crippen LogP contribution in [0.4, 0.5) is 17.1 Å². The first kappa shape index (κ1) is 21.9. The molecule has 4 N–H and O–H groups in total. The fraction of sp³-hybridized carbons (Fsp3) is 0.235. The number of non-ortho nitro benzene ring substituents is 1. The summed E-state index contributed by atoms with van der Waals surface area (Å²) in [6.07, 6.45) is 0. The molecule has 2 aromatic carbocycles. The highest BCUT2D eigenvalue weighted by molar-refractivity contribution is 7.92. The lowest BCUT2D eigenvalue weighted by Crippen LogP contribution is -2.16. The summed E-state index contributed by atoms with van der Waals surface area (Å²) in [6.45, 7) is 0.873. The lowest BCUT2D eigenvalue weighted by Gasteiger charge is -2.15. The fourth-order valence-electron chi connectivity index (χ4n) is 2.37. The molecule has 0 aromatic heterocycles. The molecule has 12 heteroatoms. The zero-order valence-electron chi connectivity index (χ0n) is 15.3. The monoisotopic (exact) mass is 425 g/mol. The minimum atomic E-state index is -4.12. The third-order valence-electron chi connectivity index (χ3n) is 3.69. The smallest absolute Gasteiger partial charge is 0.341 e. The number of rotatable bonds is 10. The minimum absolute atomic E-state index is 0.0588. The maximum absolute atomic E-state index is 12.7. The number of anilines is 2. The summed E-state index contributed by atoms with van der Waals surface area (Å²) in [5.41, 5.74) is 0.278. The summed E-state index contributed by atoms with van der Waals surface area (Å²) in [6, 6.07) is 7.44. The van der Waals surface area contributed by atoms with Crippen LogP contribution in [-0.2, 0) is 14.8 Å². The molecule has 2 rings (SSSR count). The molecule has 0 aliphatic carbocycles. The highest BCUT2D eigenvalue weighted by Crippen LogP contribution is 2.30. The van der Waals surface area contributed by atoms with Crippen molar-refractivity contribution in [2.45, 2.75) is 11.8 Å². The first-order valence-electron chi connectivity index (χ1n) is 8.25. The first-order valence-corrected chi connectivity index (χ1v) is 9.73. The van der Waals surface area contributed by atoms with Crippen LogP contribution in [0.25, 0.3) is 0 Å². The number of hydrogen-bond donors (Lipinski definition) is 4. The molecule has 0 bridgehead atoms. The van der Waals surface area contributed by atoms with Gasteiger partial charge >= 0.3 is 5.97 Å². The number of nitrogens with one attached hydrogen (secondary N) is 2. The summed E-state index contributed by atoms with van der Waals surface area (Å²) in [5.74, 6) is -0.955. The van der Waals surface area contributed by atoms with Gasteiger partial charge in [0.15, 0.2) is 6.61 Å². The summed E-state index contributed by atoms with van der Waals surface area (Å²) in [4.78, 5) is 20.8.